The van der Waals surface area contributed by atoms with E-state index in [4.69, 9.17) is 24.7 Å². The molecule has 4 rings (SSSR count). The van der Waals surface area contributed by atoms with Crippen molar-refractivity contribution in [1.29, 1.82) is 5.26 Å². The van der Waals surface area contributed by atoms with E-state index in [-0.39, 0.29) is 17.2 Å². The largest absolute Gasteiger partial charge is 0.493 e. The molecule has 0 saturated heterocycles. The molecule has 0 bridgehead atoms. The SMILES string of the molecule is C=CCOc1cccc(C2C(C#N)=C(N)Oc3cc(OC(=O)c4ccccc4OCC)ccc32)c1. The summed E-state index contributed by atoms with van der Waals surface area (Å²) in [6.45, 7) is 6.29. The van der Waals surface area contributed by atoms with Crippen LogP contribution in [0.15, 0.2) is 90.8 Å². The van der Waals surface area contributed by atoms with Gasteiger partial charge in [0.25, 0.3) is 0 Å². The summed E-state index contributed by atoms with van der Waals surface area (Å²) in [5.74, 6) is 0.715. The number of carbonyl (C=O) groups excluding carboxylic acids is 1. The first-order chi connectivity index (χ1) is 17.0. The zero-order valence-corrected chi connectivity index (χ0v) is 19.2. The second kappa shape index (κ2) is 10.5. The van der Waals surface area contributed by atoms with E-state index in [0.717, 1.165) is 5.56 Å². The van der Waals surface area contributed by atoms with Gasteiger partial charge in [0.15, 0.2) is 0 Å². The van der Waals surface area contributed by atoms with Gasteiger partial charge in [-0.1, -0.05) is 43.0 Å². The maximum Gasteiger partial charge on any atom is 0.347 e. The fourth-order valence-corrected chi connectivity index (χ4v) is 3.86. The molecule has 2 N–H and O–H groups in total. The maximum atomic E-state index is 12.8. The van der Waals surface area contributed by atoms with E-state index in [1.165, 1.54) is 0 Å². The molecule has 1 atom stereocenters. The van der Waals surface area contributed by atoms with Crippen LogP contribution in [0.3, 0.4) is 0 Å². The van der Waals surface area contributed by atoms with Crippen molar-refractivity contribution >= 4 is 5.97 Å². The summed E-state index contributed by atoms with van der Waals surface area (Å²) in [7, 11) is 0. The minimum absolute atomic E-state index is 0.00687. The Balaban J connectivity index is 1.67. The molecule has 0 radical (unpaired) electrons. The van der Waals surface area contributed by atoms with Crippen LogP contribution in [0.1, 0.15) is 34.3 Å². The molecule has 176 valence electrons. The molecule has 0 saturated carbocycles. The Labute approximate surface area is 203 Å². The lowest BCUT2D eigenvalue weighted by Gasteiger charge is -2.27. The molecule has 1 unspecified atom stereocenters. The molecule has 35 heavy (non-hydrogen) atoms. The number of esters is 1. The number of allylic oxidation sites excluding steroid dienone is 1. The van der Waals surface area contributed by atoms with Gasteiger partial charge < -0.3 is 24.7 Å². The predicted molar refractivity (Wildman–Crippen MR) is 130 cm³/mol. The second-order valence-electron chi connectivity index (χ2n) is 7.62. The molecule has 1 aliphatic rings. The highest BCUT2D eigenvalue weighted by atomic mass is 16.5. The third kappa shape index (κ3) is 4.97. The van der Waals surface area contributed by atoms with Gasteiger partial charge in [-0.25, -0.2) is 4.79 Å². The first-order valence-corrected chi connectivity index (χ1v) is 11.0. The molecule has 3 aromatic carbocycles. The van der Waals surface area contributed by atoms with Crippen molar-refractivity contribution in [1.82, 2.24) is 0 Å². The van der Waals surface area contributed by atoms with Crippen LogP contribution in [0.4, 0.5) is 0 Å². The molecule has 3 aromatic rings. The first kappa shape index (κ1) is 23.5. The second-order valence-corrected chi connectivity index (χ2v) is 7.62. The van der Waals surface area contributed by atoms with Gasteiger partial charge in [-0.3, -0.25) is 0 Å². The summed E-state index contributed by atoms with van der Waals surface area (Å²) < 4.78 is 22.5. The Kier molecular flexibility index (Phi) is 7.03. The lowest BCUT2D eigenvalue weighted by molar-refractivity contribution is 0.0730. The minimum Gasteiger partial charge on any atom is -0.493 e. The van der Waals surface area contributed by atoms with Crippen molar-refractivity contribution in [3.8, 4) is 29.1 Å². The van der Waals surface area contributed by atoms with Gasteiger partial charge in [0.2, 0.25) is 5.88 Å². The van der Waals surface area contributed by atoms with Crippen LogP contribution >= 0.6 is 0 Å². The third-order valence-corrected chi connectivity index (χ3v) is 5.37. The van der Waals surface area contributed by atoms with E-state index in [1.807, 2.05) is 31.2 Å². The topological polar surface area (TPSA) is 104 Å². The molecule has 0 aromatic heterocycles. The number of para-hydroxylation sites is 1. The summed E-state index contributed by atoms with van der Waals surface area (Å²) in [6, 6.07) is 21.5. The summed E-state index contributed by atoms with van der Waals surface area (Å²) in [5.41, 5.74) is 8.24. The molecule has 0 amide bonds. The summed E-state index contributed by atoms with van der Waals surface area (Å²) in [6.07, 6.45) is 1.66. The predicted octanol–water partition coefficient (Wildman–Crippen LogP) is 5.09. The number of carbonyl (C=O) groups is 1. The number of hydrogen-bond acceptors (Lipinski definition) is 7. The quantitative estimate of drug-likeness (QED) is 0.279. The van der Waals surface area contributed by atoms with Crippen molar-refractivity contribution in [2.75, 3.05) is 13.2 Å². The average Bonchev–Trinajstić information content (AvgIpc) is 2.87. The highest BCUT2D eigenvalue weighted by molar-refractivity contribution is 5.94. The van der Waals surface area contributed by atoms with Gasteiger partial charge in [0.1, 0.15) is 46.8 Å². The van der Waals surface area contributed by atoms with Gasteiger partial charge >= 0.3 is 5.97 Å². The normalized spacial score (nSPS) is 14.2. The average molecular weight is 469 g/mol. The van der Waals surface area contributed by atoms with Gasteiger partial charge in [-0.05, 0) is 42.8 Å². The molecule has 0 spiro atoms. The van der Waals surface area contributed by atoms with E-state index in [2.05, 4.69) is 12.6 Å². The fourth-order valence-electron chi connectivity index (χ4n) is 3.86. The van der Waals surface area contributed by atoms with E-state index in [9.17, 15) is 10.1 Å². The Hall–Kier alpha value is -4.70. The van der Waals surface area contributed by atoms with E-state index in [0.29, 0.717) is 41.6 Å². The van der Waals surface area contributed by atoms with Crippen LogP contribution in [-0.2, 0) is 0 Å². The molecular formula is C28H24N2O5. The van der Waals surface area contributed by atoms with Crippen LogP contribution in [0.2, 0.25) is 0 Å². The number of rotatable bonds is 8. The molecule has 1 aliphatic heterocycles. The van der Waals surface area contributed by atoms with Crippen LogP contribution < -0.4 is 24.7 Å². The third-order valence-electron chi connectivity index (χ3n) is 5.37. The van der Waals surface area contributed by atoms with Crippen LogP contribution in [-0.4, -0.2) is 19.2 Å². The van der Waals surface area contributed by atoms with Crippen molar-refractivity contribution in [3.05, 3.63) is 108 Å². The number of fused-ring (bicyclic) bond motifs is 1. The summed E-state index contributed by atoms with van der Waals surface area (Å²) in [5, 5.41) is 9.81. The molecule has 1 heterocycles. The van der Waals surface area contributed by atoms with Crippen molar-refractivity contribution < 1.29 is 23.7 Å². The number of nitrogens with two attached hydrogens (primary N) is 1. The van der Waals surface area contributed by atoms with Gasteiger partial charge in [0, 0.05) is 11.6 Å². The molecule has 0 aliphatic carbocycles. The molecule has 7 nitrogen and oxygen atoms in total. The van der Waals surface area contributed by atoms with Gasteiger partial charge in [-0.2, -0.15) is 5.26 Å². The minimum atomic E-state index is -0.561. The lowest BCUT2D eigenvalue weighted by atomic mass is 9.83. The molecule has 7 heteroatoms. The highest BCUT2D eigenvalue weighted by Crippen LogP contribution is 2.44. The number of nitriles is 1. The fraction of sp³-hybridized carbons (Fsp3) is 0.143. The van der Waals surface area contributed by atoms with Gasteiger partial charge in [0.05, 0.1) is 12.5 Å². The van der Waals surface area contributed by atoms with Gasteiger partial charge in [-0.15, -0.1) is 0 Å². The monoisotopic (exact) mass is 468 g/mol. The standard InChI is InChI=1S/C28H24N2O5/c1-3-14-33-19-9-7-8-18(15-19)26-21-13-12-20(16-25(21)35-27(30)23(26)17-29)34-28(31)22-10-5-6-11-24(22)32-4-2/h3,5-13,15-16,26H,1,4,14,30H2,2H3. The Morgan fingerprint density at radius 2 is 1.94 bits per heavy atom. The van der Waals surface area contributed by atoms with Crippen molar-refractivity contribution in [2.24, 2.45) is 5.73 Å². The van der Waals surface area contributed by atoms with Crippen molar-refractivity contribution in [2.45, 2.75) is 12.8 Å². The zero-order valence-electron chi connectivity index (χ0n) is 19.2. The molecular weight excluding hydrogens is 444 g/mol. The number of ether oxygens (including phenoxy) is 4. The first-order valence-electron chi connectivity index (χ1n) is 11.0. The Bertz CT molecular complexity index is 1340. The lowest BCUT2D eigenvalue weighted by Crippen LogP contribution is -2.21. The van der Waals surface area contributed by atoms with Crippen molar-refractivity contribution in [3.63, 3.8) is 0 Å². The van der Waals surface area contributed by atoms with Crippen LogP contribution in [0, 0.1) is 11.3 Å². The zero-order chi connectivity index (χ0) is 24.8. The Morgan fingerprint density at radius 3 is 2.71 bits per heavy atom. The van der Waals surface area contributed by atoms with Crippen LogP contribution in [0.5, 0.6) is 23.0 Å². The maximum absolute atomic E-state index is 12.8. The van der Waals surface area contributed by atoms with E-state index < -0.39 is 11.9 Å². The molecule has 0 fully saturated rings. The summed E-state index contributed by atoms with van der Waals surface area (Å²) in [4.78, 5) is 12.8. The Morgan fingerprint density at radius 1 is 1.11 bits per heavy atom. The summed E-state index contributed by atoms with van der Waals surface area (Å²) >= 11 is 0. The van der Waals surface area contributed by atoms with Crippen LogP contribution in [0.25, 0.3) is 0 Å². The number of hydrogen-bond donors (Lipinski definition) is 1. The van der Waals surface area contributed by atoms with E-state index >= 15 is 0 Å². The smallest absolute Gasteiger partial charge is 0.347 e. The highest BCUT2D eigenvalue weighted by Gasteiger charge is 2.31. The number of benzene rings is 3. The van der Waals surface area contributed by atoms with E-state index in [1.54, 1.807) is 48.5 Å². The number of nitrogens with zero attached hydrogens (tertiary/aromatic N) is 1.